The minimum absolute atomic E-state index is 0.0653. The van der Waals surface area contributed by atoms with Crippen molar-refractivity contribution < 1.29 is 22.7 Å². The highest BCUT2D eigenvalue weighted by Crippen LogP contribution is 2.27. The molecule has 0 atom stereocenters. The third kappa shape index (κ3) is 5.09. The van der Waals surface area contributed by atoms with Crippen molar-refractivity contribution in [3.63, 3.8) is 0 Å². The molecule has 166 valence electrons. The lowest BCUT2D eigenvalue weighted by atomic mass is 10.2. The molecule has 3 rings (SSSR count). The first-order valence-corrected chi connectivity index (χ1v) is 11.4. The number of anilines is 2. The average molecular weight is 473 g/mol. The number of carbonyl (C=O) groups excluding carboxylic acids is 2. The van der Waals surface area contributed by atoms with E-state index >= 15 is 0 Å². The number of nitrogens with one attached hydrogen (secondary N) is 1. The van der Waals surface area contributed by atoms with Gasteiger partial charge < -0.3 is 10.1 Å². The van der Waals surface area contributed by atoms with Crippen LogP contribution < -0.4 is 9.62 Å². The van der Waals surface area contributed by atoms with E-state index < -0.39 is 28.4 Å². The first-order chi connectivity index (χ1) is 15.2. The van der Waals surface area contributed by atoms with Gasteiger partial charge in [-0.25, -0.2) is 13.2 Å². The predicted octanol–water partition coefficient (Wildman–Crippen LogP) is 4.27. The van der Waals surface area contributed by atoms with Crippen molar-refractivity contribution >= 4 is 44.9 Å². The van der Waals surface area contributed by atoms with Crippen molar-refractivity contribution in [1.29, 1.82) is 0 Å². The third-order valence-electron chi connectivity index (χ3n) is 4.66. The van der Waals surface area contributed by atoms with E-state index in [0.29, 0.717) is 11.3 Å². The number of hydrogen-bond acceptors (Lipinski definition) is 5. The number of hydrogen-bond donors (Lipinski definition) is 1. The maximum absolute atomic E-state index is 13.4. The summed E-state index contributed by atoms with van der Waals surface area (Å²) in [6, 6.07) is 19.1. The minimum Gasteiger partial charge on any atom is -0.465 e. The predicted molar refractivity (Wildman–Crippen MR) is 124 cm³/mol. The lowest BCUT2D eigenvalue weighted by molar-refractivity contribution is -0.114. The van der Waals surface area contributed by atoms with Crippen molar-refractivity contribution in [3.05, 3.63) is 88.9 Å². The Morgan fingerprint density at radius 3 is 2.31 bits per heavy atom. The molecular formula is C23H21ClN2O5S. The summed E-state index contributed by atoms with van der Waals surface area (Å²) >= 11 is 6.01. The second kappa shape index (κ2) is 9.84. The van der Waals surface area contributed by atoms with Crippen LogP contribution in [0.2, 0.25) is 5.02 Å². The molecule has 0 saturated heterocycles. The summed E-state index contributed by atoms with van der Waals surface area (Å²) in [4.78, 5) is 24.8. The quantitative estimate of drug-likeness (QED) is 0.518. The molecule has 0 bridgehead atoms. The number of ether oxygens (including phenoxy) is 1. The van der Waals surface area contributed by atoms with Gasteiger partial charge >= 0.3 is 5.97 Å². The van der Waals surface area contributed by atoms with Gasteiger partial charge in [0.1, 0.15) is 6.54 Å². The van der Waals surface area contributed by atoms with Gasteiger partial charge in [0.25, 0.3) is 10.0 Å². The van der Waals surface area contributed by atoms with E-state index in [4.69, 9.17) is 11.6 Å². The lowest BCUT2D eigenvalue weighted by Crippen LogP contribution is -2.38. The van der Waals surface area contributed by atoms with Gasteiger partial charge in [0.2, 0.25) is 5.91 Å². The number of methoxy groups -OCH3 is 1. The second-order valence-corrected chi connectivity index (χ2v) is 9.12. The first kappa shape index (κ1) is 23.3. The van der Waals surface area contributed by atoms with Crippen LogP contribution in [0.25, 0.3) is 0 Å². The molecule has 1 amide bonds. The van der Waals surface area contributed by atoms with Gasteiger partial charge in [0.05, 0.1) is 28.3 Å². The average Bonchev–Trinajstić information content (AvgIpc) is 2.79. The molecule has 0 aliphatic rings. The molecular weight excluding hydrogens is 452 g/mol. The van der Waals surface area contributed by atoms with Crippen molar-refractivity contribution in [2.24, 2.45) is 0 Å². The van der Waals surface area contributed by atoms with Crippen molar-refractivity contribution in [2.75, 3.05) is 23.3 Å². The molecule has 0 heterocycles. The van der Waals surface area contributed by atoms with E-state index in [1.165, 1.54) is 37.4 Å². The van der Waals surface area contributed by atoms with Gasteiger partial charge in [0, 0.05) is 5.69 Å². The second-order valence-electron chi connectivity index (χ2n) is 6.85. The Bertz CT molecular complexity index is 1250. The summed E-state index contributed by atoms with van der Waals surface area (Å²) in [5, 5.41) is 2.79. The van der Waals surface area contributed by atoms with Crippen LogP contribution in [0.1, 0.15) is 15.9 Å². The maximum atomic E-state index is 13.4. The summed E-state index contributed by atoms with van der Waals surface area (Å²) in [5.41, 5.74) is 1.44. The molecule has 9 heteroatoms. The van der Waals surface area contributed by atoms with Crippen LogP contribution >= 0.6 is 11.6 Å². The molecule has 0 radical (unpaired) electrons. The summed E-state index contributed by atoms with van der Waals surface area (Å²) in [6.07, 6.45) is 0. The Kier molecular flexibility index (Phi) is 7.17. The zero-order valence-corrected chi connectivity index (χ0v) is 19.0. The normalized spacial score (nSPS) is 11.0. The number of carbonyl (C=O) groups is 2. The molecule has 1 N–H and O–H groups in total. The van der Waals surface area contributed by atoms with Gasteiger partial charge in [-0.2, -0.15) is 0 Å². The van der Waals surface area contributed by atoms with Crippen LogP contribution in [0.4, 0.5) is 11.4 Å². The fourth-order valence-corrected chi connectivity index (χ4v) is 4.76. The molecule has 0 spiro atoms. The van der Waals surface area contributed by atoms with Gasteiger partial charge in [-0.05, 0) is 48.9 Å². The molecule has 0 aliphatic heterocycles. The molecule has 7 nitrogen and oxygen atoms in total. The highest BCUT2D eigenvalue weighted by Gasteiger charge is 2.28. The van der Waals surface area contributed by atoms with Crippen molar-refractivity contribution in [2.45, 2.75) is 11.8 Å². The van der Waals surface area contributed by atoms with Crippen LogP contribution in [-0.4, -0.2) is 33.9 Å². The molecule has 0 unspecified atom stereocenters. The van der Waals surface area contributed by atoms with Crippen molar-refractivity contribution in [1.82, 2.24) is 0 Å². The Labute approximate surface area is 191 Å². The lowest BCUT2D eigenvalue weighted by Gasteiger charge is -2.25. The first-order valence-electron chi connectivity index (χ1n) is 9.55. The number of amides is 1. The van der Waals surface area contributed by atoms with Gasteiger partial charge in [-0.3, -0.25) is 9.10 Å². The van der Waals surface area contributed by atoms with Gasteiger partial charge in [-0.15, -0.1) is 0 Å². The Morgan fingerprint density at radius 2 is 1.66 bits per heavy atom. The number of benzene rings is 3. The zero-order valence-electron chi connectivity index (χ0n) is 17.4. The van der Waals surface area contributed by atoms with Crippen LogP contribution in [0.15, 0.2) is 77.7 Å². The standard InChI is InChI=1S/C23H21ClN2O5S/c1-16-8-6-7-11-21(16)26(32(29,30)18-9-4-3-5-10-18)15-22(27)25-17-12-13-20(24)19(14-17)23(28)31-2/h3-14H,15H2,1-2H3,(H,25,27). The third-order valence-corrected chi connectivity index (χ3v) is 6.76. The van der Waals surface area contributed by atoms with Gasteiger partial charge in [0.15, 0.2) is 0 Å². The largest absolute Gasteiger partial charge is 0.465 e. The van der Waals surface area contributed by atoms with Crippen molar-refractivity contribution in [3.8, 4) is 0 Å². The number of nitrogens with zero attached hydrogens (tertiary/aromatic N) is 1. The minimum atomic E-state index is -4.02. The molecule has 32 heavy (non-hydrogen) atoms. The van der Waals surface area contributed by atoms with Crippen LogP contribution in [-0.2, 0) is 19.6 Å². The molecule has 3 aromatic rings. The fourth-order valence-electron chi connectivity index (χ4n) is 3.06. The summed E-state index contributed by atoms with van der Waals surface area (Å²) in [6.45, 7) is 1.29. The molecule has 0 saturated carbocycles. The van der Waals surface area contributed by atoms with Crippen LogP contribution in [0.3, 0.4) is 0 Å². The molecule has 0 aliphatic carbocycles. The molecule has 3 aromatic carbocycles. The number of rotatable bonds is 7. The number of para-hydroxylation sites is 1. The summed E-state index contributed by atoms with van der Waals surface area (Å²) in [5.74, 6) is -1.25. The van der Waals surface area contributed by atoms with E-state index in [1.807, 2.05) is 0 Å². The highest BCUT2D eigenvalue weighted by molar-refractivity contribution is 7.92. The number of halogens is 1. The van der Waals surface area contributed by atoms with E-state index in [1.54, 1.807) is 49.4 Å². The summed E-state index contributed by atoms with van der Waals surface area (Å²) in [7, 11) is -2.80. The number of esters is 1. The van der Waals surface area contributed by atoms with Crippen LogP contribution in [0, 0.1) is 6.92 Å². The smallest absolute Gasteiger partial charge is 0.339 e. The molecule has 0 aromatic heterocycles. The van der Waals surface area contributed by atoms with E-state index in [9.17, 15) is 18.0 Å². The molecule has 0 fully saturated rings. The van der Waals surface area contributed by atoms with E-state index in [2.05, 4.69) is 10.1 Å². The SMILES string of the molecule is COC(=O)c1cc(NC(=O)CN(c2ccccc2C)S(=O)(=O)c2ccccc2)ccc1Cl. The Hall–Kier alpha value is -3.36. The van der Waals surface area contributed by atoms with Crippen LogP contribution in [0.5, 0.6) is 0 Å². The van der Waals surface area contributed by atoms with E-state index in [0.717, 1.165) is 4.31 Å². The Balaban J connectivity index is 1.93. The topological polar surface area (TPSA) is 92.8 Å². The highest BCUT2D eigenvalue weighted by atomic mass is 35.5. The summed E-state index contributed by atoms with van der Waals surface area (Å²) < 4.78 is 32.5. The fraction of sp³-hybridized carbons (Fsp3) is 0.130. The number of sulfonamides is 1. The zero-order chi connectivity index (χ0) is 23.3. The van der Waals surface area contributed by atoms with E-state index in [-0.39, 0.29) is 21.2 Å². The Morgan fingerprint density at radius 1 is 1.00 bits per heavy atom. The maximum Gasteiger partial charge on any atom is 0.339 e. The van der Waals surface area contributed by atoms with Gasteiger partial charge in [-0.1, -0.05) is 48.0 Å². The number of aryl methyl sites for hydroxylation is 1. The monoisotopic (exact) mass is 472 g/mol.